The van der Waals surface area contributed by atoms with Crippen LogP contribution < -0.4 is 5.32 Å². The maximum absolute atomic E-state index is 13.2. The molecule has 1 aromatic carbocycles. The number of aromatic nitrogens is 1. The quantitative estimate of drug-likeness (QED) is 0.883. The second kappa shape index (κ2) is 4.08. The van der Waals surface area contributed by atoms with E-state index in [1.165, 1.54) is 17.7 Å². The van der Waals surface area contributed by atoms with Gasteiger partial charge in [-0.3, -0.25) is 4.79 Å². The Kier molecular flexibility index (Phi) is 2.43. The summed E-state index contributed by atoms with van der Waals surface area (Å²) >= 11 is 0. The Morgan fingerprint density at radius 1 is 1.40 bits per heavy atom. The van der Waals surface area contributed by atoms with Crippen LogP contribution in [0.4, 0.5) is 4.39 Å². The van der Waals surface area contributed by atoms with Crippen LogP contribution in [0.3, 0.4) is 0 Å². The maximum Gasteiger partial charge on any atom is 0.223 e. The average molecular weight is 272 g/mol. The highest BCUT2D eigenvalue weighted by Gasteiger charge is 2.46. The van der Waals surface area contributed by atoms with E-state index in [0.29, 0.717) is 6.54 Å². The van der Waals surface area contributed by atoms with Gasteiger partial charge in [-0.15, -0.1) is 0 Å². The highest BCUT2D eigenvalue weighted by molar-refractivity contribution is 5.85. The zero-order valence-corrected chi connectivity index (χ0v) is 11.2. The van der Waals surface area contributed by atoms with E-state index in [1.807, 2.05) is 12.3 Å². The minimum absolute atomic E-state index is 0.0562. The van der Waals surface area contributed by atoms with Crippen molar-refractivity contribution in [2.45, 2.75) is 31.1 Å². The summed E-state index contributed by atoms with van der Waals surface area (Å²) in [6.45, 7) is 0.701. The summed E-state index contributed by atoms with van der Waals surface area (Å²) in [5.41, 5.74) is 2.10. The number of benzene rings is 1. The van der Waals surface area contributed by atoms with Gasteiger partial charge in [-0.2, -0.15) is 0 Å². The number of aromatic amines is 1. The van der Waals surface area contributed by atoms with Crippen molar-refractivity contribution in [2.75, 3.05) is 6.54 Å². The molecule has 0 spiro atoms. The first kappa shape index (κ1) is 11.9. The van der Waals surface area contributed by atoms with Crippen LogP contribution in [0.15, 0.2) is 24.4 Å². The van der Waals surface area contributed by atoms with Crippen molar-refractivity contribution in [3.8, 4) is 0 Å². The van der Waals surface area contributed by atoms with Crippen molar-refractivity contribution in [1.82, 2.24) is 10.3 Å². The van der Waals surface area contributed by atoms with E-state index in [-0.39, 0.29) is 23.1 Å². The predicted molar refractivity (Wildman–Crippen MR) is 74.9 cm³/mol. The third kappa shape index (κ3) is 1.90. The number of rotatable bonds is 4. The first-order valence-corrected chi connectivity index (χ1v) is 7.23. The lowest BCUT2D eigenvalue weighted by Gasteiger charge is -2.15. The number of nitrogens with one attached hydrogen (secondary N) is 2. The van der Waals surface area contributed by atoms with Crippen LogP contribution in [0.25, 0.3) is 10.9 Å². The van der Waals surface area contributed by atoms with Gasteiger partial charge in [-0.05, 0) is 49.4 Å². The minimum Gasteiger partial charge on any atom is -0.361 e. The van der Waals surface area contributed by atoms with Crippen LogP contribution in [0.2, 0.25) is 0 Å². The molecule has 1 amide bonds. The SMILES string of the molecule is O=C(NCC1(c2c[nH]c3cc(F)ccc23)CC1)C1CC1. The van der Waals surface area contributed by atoms with Crippen molar-refractivity contribution in [1.29, 1.82) is 0 Å². The Labute approximate surface area is 116 Å². The van der Waals surface area contributed by atoms with Crippen molar-refractivity contribution < 1.29 is 9.18 Å². The van der Waals surface area contributed by atoms with Crippen molar-refractivity contribution >= 4 is 16.8 Å². The number of fused-ring (bicyclic) bond motifs is 1. The molecular formula is C16H17FN2O. The molecular weight excluding hydrogens is 255 g/mol. The molecule has 0 unspecified atom stereocenters. The topological polar surface area (TPSA) is 44.9 Å². The number of carbonyl (C=O) groups is 1. The van der Waals surface area contributed by atoms with Gasteiger partial charge in [0, 0.05) is 35.0 Å². The molecule has 2 aliphatic rings. The summed E-state index contributed by atoms with van der Waals surface area (Å²) in [7, 11) is 0. The van der Waals surface area contributed by atoms with Gasteiger partial charge in [0.05, 0.1) is 0 Å². The first-order valence-electron chi connectivity index (χ1n) is 7.23. The van der Waals surface area contributed by atoms with E-state index >= 15 is 0 Å². The van der Waals surface area contributed by atoms with E-state index in [4.69, 9.17) is 0 Å². The van der Waals surface area contributed by atoms with E-state index in [0.717, 1.165) is 36.6 Å². The van der Waals surface area contributed by atoms with Gasteiger partial charge in [0.2, 0.25) is 5.91 Å². The third-order valence-corrected chi connectivity index (χ3v) is 4.62. The molecule has 0 saturated heterocycles. The summed E-state index contributed by atoms with van der Waals surface area (Å²) in [5, 5.41) is 4.16. The molecule has 0 radical (unpaired) electrons. The molecule has 3 nitrogen and oxygen atoms in total. The van der Waals surface area contributed by atoms with Gasteiger partial charge in [0.1, 0.15) is 5.82 Å². The molecule has 2 N–H and O–H groups in total. The summed E-state index contributed by atoms with van der Waals surface area (Å²) in [5.74, 6) is 0.225. The third-order valence-electron chi connectivity index (χ3n) is 4.62. The molecule has 0 aliphatic heterocycles. The first-order chi connectivity index (χ1) is 9.68. The lowest BCUT2D eigenvalue weighted by atomic mass is 9.95. The molecule has 2 fully saturated rings. The largest absolute Gasteiger partial charge is 0.361 e. The molecule has 2 aliphatic carbocycles. The Morgan fingerprint density at radius 2 is 2.20 bits per heavy atom. The average Bonchev–Trinajstić information content (AvgIpc) is 3.35. The smallest absolute Gasteiger partial charge is 0.223 e. The molecule has 0 atom stereocenters. The zero-order valence-electron chi connectivity index (χ0n) is 11.2. The van der Waals surface area contributed by atoms with Crippen LogP contribution in [-0.2, 0) is 10.2 Å². The van der Waals surface area contributed by atoms with E-state index in [2.05, 4.69) is 10.3 Å². The van der Waals surface area contributed by atoms with E-state index < -0.39 is 0 Å². The fraction of sp³-hybridized carbons (Fsp3) is 0.438. The monoisotopic (exact) mass is 272 g/mol. The second-order valence-electron chi connectivity index (χ2n) is 6.16. The number of carbonyl (C=O) groups excluding carboxylic acids is 1. The Hall–Kier alpha value is -1.84. The number of hydrogen-bond acceptors (Lipinski definition) is 1. The van der Waals surface area contributed by atoms with E-state index in [9.17, 15) is 9.18 Å². The van der Waals surface area contributed by atoms with Gasteiger partial charge >= 0.3 is 0 Å². The normalized spacial score (nSPS) is 20.1. The summed E-state index contributed by atoms with van der Waals surface area (Å²) in [4.78, 5) is 14.9. The lowest BCUT2D eigenvalue weighted by molar-refractivity contribution is -0.122. The van der Waals surface area contributed by atoms with Crippen LogP contribution >= 0.6 is 0 Å². The van der Waals surface area contributed by atoms with Gasteiger partial charge in [0.25, 0.3) is 0 Å². The molecule has 0 bridgehead atoms. The molecule has 20 heavy (non-hydrogen) atoms. The predicted octanol–water partition coefficient (Wildman–Crippen LogP) is 2.86. The fourth-order valence-electron chi connectivity index (χ4n) is 2.98. The van der Waals surface area contributed by atoms with Crippen LogP contribution in [0.1, 0.15) is 31.2 Å². The number of amides is 1. The van der Waals surface area contributed by atoms with Crippen molar-refractivity contribution in [3.05, 3.63) is 35.8 Å². The van der Waals surface area contributed by atoms with Gasteiger partial charge in [-0.25, -0.2) is 4.39 Å². The fourth-order valence-corrected chi connectivity index (χ4v) is 2.98. The lowest BCUT2D eigenvalue weighted by Crippen LogP contribution is -2.33. The Bertz CT molecular complexity index is 683. The van der Waals surface area contributed by atoms with Gasteiger partial charge in [0.15, 0.2) is 0 Å². The number of halogens is 1. The zero-order chi connectivity index (χ0) is 13.7. The highest BCUT2D eigenvalue weighted by atomic mass is 19.1. The molecule has 4 rings (SSSR count). The van der Waals surface area contributed by atoms with Crippen molar-refractivity contribution in [3.63, 3.8) is 0 Å². The Morgan fingerprint density at radius 3 is 2.90 bits per heavy atom. The number of H-pyrrole nitrogens is 1. The minimum atomic E-state index is -0.224. The van der Waals surface area contributed by atoms with Gasteiger partial charge in [-0.1, -0.05) is 0 Å². The summed E-state index contributed by atoms with van der Waals surface area (Å²) < 4.78 is 13.2. The molecule has 2 aromatic rings. The van der Waals surface area contributed by atoms with Crippen LogP contribution in [0, 0.1) is 11.7 Å². The molecule has 104 valence electrons. The number of hydrogen-bond donors (Lipinski definition) is 2. The van der Waals surface area contributed by atoms with Crippen LogP contribution in [0.5, 0.6) is 0 Å². The molecule has 1 heterocycles. The van der Waals surface area contributed by atoms with Gasteiger partial charge < -0.3 is 10.3 Å². The summed E-state index contributed by atoms with van der Waals surface area (Å²) in [6.07, 6.45) is 6.21. The van der Waals surface area contributed by atoms with Crippen molar-refractivity contribution in [2.24, 2.45) is 5.92 Å². The second-order valence-corrected chi connectivity index (χ2v) is 6.16. The molecule has 4 heteroatoms. The molecule has 2 saturated carbocycles. The molecule has 1 aromatic heterocycles. The Balaban J connectivity index is 1.59. The highest BCUT2D eigenvalue weighted by Crippen LogP contribution is 2.50. The summed E-state index contributed by atoms with van der Waals surface area (Å²) in [6, 6.07) is 4.86. The van der Waals surface area contributed by atoms with Crippen LogP contribution in [-0.4, -0.2) is 17.4 Å². The standard InChI is InChI=1S/C16H17FN2O/c17-11-3-4-12-13(8-18-14(12)7-11)16(5-6-16)9-19-15(20)10-1-2-10/h3-4,7-8,10,18H,1-2,5-6,9H2,(H,19,20). The maximum atomic E-state index is 13.2. The van der Waals surface area contributed by atoms with E-state index in [1.54, 1.807) is 0 Å².